The SMILES string of the molecule is C=C1CCC[C@H]2[C@](C)(Cc3cc(O)ccc3O)[C@@H](C)CC[C@@]12C. The molecule has 0 aliphatic heterocycles. The van der Waals surface area contributed by atoms with Crippen LogP contribution in [0.2, 0.25) is 0 Å². The fraction of sp³-hybridized carbons (Fsp3) is 0.619. The second-order valence-corrected chi connectivity index (χ2v) is 8.40. The highest BCUT2D eigenvalue weighted by molar-refractivity contribution is 5.39. The minimum atomic E-state index is 0.127. The molecule has 4 atom stereocenters. The van der Waals surface area contributed by atoms with Gasteiger partial charge in [-0.05, 0) is 85.0 Å². The van der Waals surface area contributed by atoms with Gasteiger partial charge in [0.15, 0.2) is 0 Å². The van der Waals surface area contributed by atoms with Gasteiger partial charge < -0.3 is 10.2 Å². The second-order valence-electron chi connectivity index (χ2n) is 8.40. The number of phenolic OH excluding ortho intramolecular Hbond substituents is 2. The van der Waals surface area contributed by atoms with E-state index in [1.54, 1.807) is 18.2 Å². The third-order valence-corrected chi connectivity index (χ3v) is 7.20. The number of aromatic hydroxyl groups is 2. The van der Waals surface area contributed by atoms with Crippen molar-refractivity contribution in [3.05, 3.63) is 35.9 Å². The summed E-state index contributed by atoms with van der Waals surface area (Å²) in [5.74, 6) is 1.74. The Bertz CT molecular complexity index is 620. The number of allylic oxidation sites excluding steroid dienone is 1. The molecule has 0 aromatic heterocycles. The fourth-order valence-electron chi connectivity index (χ4n) is 5.39. The molecule has 2 aliphatic carbocycles. The van der Waals surface area contributed by atoms with Gasteiger partial charge in [0.05, 0.1) is 0 Å². The first-order valence-electron chi connectivity index (χ1n) is 8.96. The van der Waals surface area contributed by atoms with Gasteiger partial charge in [-0.25, -0.2) is 0 Å². The summed E-state index contributed by atoms with van der Waals surface area (Å²) in [6.07, 6.45) is 6.90. The topological polar surface area (TPSA) is 40.5 Å². The molecular formula is C21H30O2. The van der Waals surface area contributed by atoms with E-state index >= 15 is 0 Å². The van der Waals surface area contributed by atoms with Gasteiger partial charge in [0.2, 0.25) is 0 Å². The minimum absolute atomic E-state index is 0.127. The molecule has 2 heteroatoms. The maximum atomic E-state index is 10.2. The molecule has 0 amide bonds. The molecule has 2 fully saturated rings. The molecule has 3 rings (SSSR count). The van der Waals surface area contributed by atoms with Crippen LogP contribution in [-0.2, 0) is 6.42 Å². The number of fused-ring (bicyclic) bond motifs is 1. The van der Waals surface area contributed by atoms with Crippen LogP contribution < -0.4 is 0 Å². The molecule has 2 nitrogen and oxygen atoms in total. The Morgan fingerprint density at radius 3 is 2.70 bits per heavy atom. The van der Waals surface area contributed by atoms with E-state index < -0.39 is 0 Å². The predicted octanol–water partition coefficient (Wildman–Crippen LogP) is 5.44. The van der Waals surface area contributed by atoms with Gasteiger partial charge in [-0.3, -0.25) is 0 Å². The van der Waals surface area contributed by atoms with Crippen LogP contribution in [0.4, 0.5) is 0 Å². The van der Waals surface area contributed by atoms with Crippen molar-refractivity contribution < 1.29 is 10.2 Å². The molecule has 0 unspecified atom stereocenters. The summed E-state index contributed by atoms with van der Waals surface area (Å²) in [6.45, 7) is 11.6. The molecule has 2 aliphatic rings. The van der Waals surface area contributed by atoms with Gasteiger partial charge in [-0.1, -0.05) is 32.9 Å². The fourth-order valence-corrected chi connectivity index (χ4v) is 5.39. The van der Waals surface area contributed by atoms with E-state index in [9.17, 15) is 10.2 Å². The maximum absolute atomic E-state index is 10.2. The summed E-state index contributed by atoms with van der Waals surface area (Å²) >= 11 is 0. The van der Waals surface area contributed by atoms with Gasteiger partial charge in [0.1, 0.15) is 11.5 Å². The third kappa shape index (κ3) is 2.56. The molecule has 0 bridgehead atoms. The lowest BCUT2D eigenvalue weighted by Crippen LogP contribution is -2.51. The predicted molar refractivity (Wildman–Crippen MR) is 94.6 cm³/mol. The normalized spacial score (nSPS) is 37.4. The Morgan fingerprint density at radius 1 is 1.22 bits per heavy atom. The van der Waals surface area contributed by atoms with E-state index in [-0.39, 0.29) is 16.6 Å². The first-order valence-corrected chi connectivity index (χ1v) is 8.96. The molecule has 2 saturated carbocycles. The van der Waals surface area contributed by atoms with Crippen molar-refractivity contribution in [2.75, 3.05) is 0 Å². The lowest BCUT2D eigenvalue weighted by Gasteiger charge is -2.58. The quantitative estimate of drug-likeness (QED) is 0.564. The Labute approximate surface area is 140 Å². The molecule has 1 aromatic carbocycles. The summed E-state index contributed by atoms with van der Waals surface area (Å²) in [6, 6.07) is 4.90. The molecule has 0 saturated heterocycles. The van der Waals surface area contributed by atoms with Gasteiger partial charge in [0, 0.05) is 0 Å². The average molecular weight is 314 g/mol. The van der Waals surface area contributed by atoms with E-state index in [0.717, 1.165) is 18.4 Å². The number of benzene rings is 1. The van der Waals surface area contributed by atoms with Gasteiger partial charge >= 0.3 is 0 Å². The highest BCUT2D eigenvalue weighted by Gasteiger charge is 2.53. The summed E-state index contributed by atoms with van der Waals surface area (Å²) in [7, 11) is 0. The Hall–Kier alpha value is -1.44. The summed E-state index contributed by atoms with van der Waals surface area (Å²) in [4.78, 5) is 0. The zero-order valence-electron chi connectivity index (χ0n) is 14.7. The van der Waals surface area contributed by atoms with Crippen molar-refractivity contribution >= 4 is 0 Å². The zero-order chi connectivity index (χ0) is 16.8. The molecule has 2 N–H and O–H groups in total. The summed E-state index contributed by atoms with van der Waals surface area (Å²) in [5, 5.41) is 20.1. The average Bonchev–Trinajstić information content (AvgIpc) is 2.50. The van der Waals surface area contributed by atoms with Crippen molar-refractivity contribution in [1.82, 2.24) is 0 Å². The zero-order valence-corrected chi connectivity index (χ0v) is 14.7. The van der Waals surface area contributed by atoms with E-state index in [1.165, 1.54) is 31.3 Å². The Morgan fingerprint density at radius 2 is 1.96 bits per heavy atom. The van der Waals surface area contributed by atoms with Crippen LogP contribution in [0.1, 0.15) is 58.4 Å². The second kappa shape index (κ2) is 5.58. The monoisotopic (exact) mass is 314 g/mol. The lowest BCUT2D eigenvalue weighted by atomic mass is 9.46. The molecule has 0 radical (unpaired) electrons. The van der Waals surface area contributed by atoms with Gasteiger partial charge in [-0.15, -0.1) is 0 Å². The van der Waals surface area contributed by atoms with Crippen molar-refractivity contribution in [3.8, 4) is 11.5 Å². The summed E-state index contributed by atoms with van der Waals surface area (Å²) in [5.41, 5.74) is 2.65. The van der Waals surface area contributed by atoms with Gasteiger partial charge in [-0.2, -0.15) is 0 Å². The molecule has 0 spiro atoms. The van der Waals surface area contributed by atoms with Crippen LogP contribution >= 0.6 is 0 Å². The number of phenols is 2. The highest BCUT2D eigenvalue weighted by atomic mass is 16.3. The molecule has 1 aromatic rings. The number of hydrogen-bond acceptors (Lipinski definition) is 2. The van der Waals surface area contributed by atoms with Crippen molar-refractivity contribution in [1.29, 1.82) is 0 Å². The van der Waals surface area contributed by atoms with Crippen LogP contribution in [0.3, 0.4) is 0 Å². The first-order chi connectivity index (χ1) is 10.8. The van der Waals surface area contributed by atoms with Crippen molar-refractivity contribution in [2.24, 2.45) is 22.7 Å². The van der Waals surface area contributed by atoms with Gasteiger partial charge in [0.25, 0.3) is 0 Å². The van der Waals surface area contributed by atoms with Crippen LogP contribution in [0.15, 0.2) is 30.4 Å². The van der Waals surface area contributed by atoms with Crippen molar-refractivity contribution in [2.45, 2.75) is 59.3 Å². The molecule has 126 valence electrons. The standard InChI is InChI=1S/C21H30O2/c1-14-6-5-7-19-20(14,3)11-10-15(2)21(19,4)13-16-12-17(22)8-9-18(16)23/h8-9,12,15,19,22-23H,1,5-7,10-11,13H2,2-4H3/t15-,19+,20-,21+/m0/s1. The minimum Gasteiger partial charge on any atom is -0.508 e. The smallest absolute Gasteiger partial charge is 0.119 e. The van der Waals surface area contributed by atoms with E-state index in [2.05, 4.69) is 27.4 Å². The third-order valence-electron chi connectivity index (χ3n) is 7.20. The van der Waals surface area contributed by atoms with E-state index in [4.69, 9.17) is 0 Å². The highest BCUT2D eigenvalue weighted by Crippen LogP contribution is 2.62. The molecule has 0 heterocycles. The van der Waals surface area contributed by atoms with Crippen LogP contribution in [0, 0.1) is 22.7 Å². The number of hydrogen-bond donors (Lipinski definition) is 2. The van der Waals surface area contributed by atoms with Crippen LogP contribution in [0.5, 0.6) is 11.5 Å². The largest absolute Gasteiger partial charge is 0.508 e. The summed E-state index contributed by atoms with van der Waals surface area (Å²) < 4.78 is 0. The maximum Gasteiger partial charge on any atom is 0.119 e. The lowest BCUT2D eigenvalue weighted by molar-refractivity contribution is -0.0491. The van der Waals surface area contributed by atoms with Crippen molar-refractivity contribution in [3.63, 3.8) is 0 Å². The van der Waals surface area contributed by atoms with E-state index in [0.29, 0.717) is 17.6 Å². The molecular weight excluding hydrogens is 284 g/mol. The Kier molecular flexibility index (Phi) is 3.98. The molecule has 23 heavy (non-hydrogen) atoms. The van der Waals surface area contributed by atoms with Crippen LogP contribution in [-0.4, -0.2) is 10.2 Å². The first kappa shape index (κ1) is 16.4. The van der Waals surface area contributed by atoms with E-state index in [1.807, 2.05) is 0 Å². The Balaban J connectivity index is 1.99. The van der Waals surface area contributed by atoms with Crippen LogP contribution in [0.25, 0.3) is 0 Å². The number of rotatable bonds is 2.